The second-order valence-corrected chi connectivity index (χ2v) is 8.76. The summed E-state index contributed by atoms with van der Waals surface area (Å²) in [5, 5.41) is 2.70. The van der Waals surface area contributed by atoms with Crippen molar-refractivity contribution in [1.29, 1.82) is 0 Å². The van der Waals surface area contributed by atoms with Crippen LogP contribution in [-0.4, -0.2) is 40.9 Å². The van der Waals surface area contributed by atoms with Gasteiger partial charge in [-0.05, 0) is 43.2 Å². The molecule has 1 N–H and O–H groups in total. The van der Waals surface area contributed by atoms with E-state index in [1.165, 1.54) is 5.56 Å². The third-order valence-corrected chi connectivity index (χ3v) is 6.39. The molecule has 1 aromatic heterocycles. The van der Waals surface area contributed by atoms with Gasteiger partial charge >= 0.3 is 0 Å². The van der Waals surface area contributed by atoms with Crippen LogP contribution in [-0.2, 0) is 6.54 Å². The third kappa shape index (κ3) is 5.45. The summed E-state index contributed by atoms with van der Waals surface area (Å²) in [6.45, 7) is 3.86. The van der Waals surface area contributed by atoms with Crippen molar-refractivity contribution in [2.24, 2.45) is 0 Å². The van der Waals surface area contributed by atoms with E-state index in [1.54, 1.807) is 28.8 Å². The van der Waals surface area contributed by atoms with E-state index in [-0.39, 0.29) is 17.0 Å². The number of hydrogen-bond acceptors (Lipinski definition) is 3. The van der Waals surface area contributed by atoms with Crippen LogP contribution in [0.3, 0.4) is 0 Å². The zero-order valence-corrected chi connectivity index (χ0v) is 19.6. The maximum atomic E-state index is 13.5. The van der Waals surface area contributed by atoms with E-state index >= 15 is 0 Å². The lowest BCUT2D eigenvalue weighted by Gasteiger charge is -2.21. The third-order valence-electron chi connectivity index (χ3n) is 6.39. The first-order chi connectivity index (χ1) is 16.6. The molecular weight excluding hydrogens is 426 g/mol. The predicted octanol–water partition coefficient (Wildman–Crippen LogP) is 4.06. The quantitative estimate of drug-likeness (QED) is 0.607. The first-order valence-electron chi connectivity index (χ1n) is 12.0. The number of aromatic nitrogens is 1. The normalized spacial score (nSPS) is 16.0. The molecule has 0 aliphatic carbocycles. The van der Waals surface area contributed by atoms with Gasteiger partial charge in [-0.1, -0.05) is 60.7 Å². The maximum absolute atomic E-state index is 13.5. The molecular formula is C28H31N3O3. The Hall–Kier alpha value is -3.67. The molecule has 0 radical (unpaired) electrons. The molecule has 0 bridgehead atoms. The average Bonchev–Trinajstić information content (AvgIpc) is 3.12. The van der Waals surface area contributed by atoms with Gasteiger partial charge in [-0.3, -0.25) is 14.4 Å². The van der Waals surface area contributed by atoms with Crippen molar-refractivity contribution in [3.05, 3.63) is 106 Å². The van der Waals surface area contributed by atoms with Crippen LogP contribution in [0.2, 0.25) is 0 Å². The second-order valence-electron chi connectivity index (χ2n) is 8.76. The van der Waals surface area contributed by atoms with Crippen LogP contribution in [0.15, 0.2) is 77.9 Å². The van der Waals surface area contributed by atoms with Gasteiger partial charge in [-0.15, -0.1) is 0 Å². The lowest BCUT2D eigenvalue weighted by molar-refractivity contribution is 0.0759. The van der Waals surface area contributed by atoms with Crippen molar-refractivity contribution in [3.8, 4) is 0 Å². The fourth-order valence-electron chi connectivity index (χ4n) is 4.61. The second kappa shape index (κ2) is 11.0. The summed E-state index contributed by atoms with van der Waals surface area (Å²) in [7, 11) is 0. The fraction of sp³-hybridized carbons (Fsp3) is 0.321. The number of nitrogens with zero attached hydrogens (tertiary/aromatic N) is 2. The first kappa shape index (κ1) is 23.5. The predicted molar refractivity (Wildman–Crippen MR) is 133 cm³/mol. The van der Waals surface area contributed by atoms with Gasteiger partial charge in [0.05, 0.1) is 0 Å². The van der Waals surface area contributed by atoms with Crippen molar-refractivity contribution in [2.75, 3.05) is 19.6 Å². The highest BCUT2D eigenvalue weighted by molar-refractivity contribution is 5.99. The number of rotatable bonds is 6. The highest BCUT2D eigenvalue weighted by atomic mass is 16.2. The van der Waals surface area contributed by atoms with Crippen LogP contribution in [0.1, 0.15) is 63.9 Å². The number of carbonyl (C=O) groups is 2. The van der Waals surface area contributed by atoms with Gasteiger partial charge in [-0.2, -0.15) is 0 Å². The molecule has 34 heavy (non-hydrogen) atoms. The minimum Gasteiger partial charge on any atom is -0.352 e. The Balaban J connectivity index is 1.61. The summed E-state index contributed by atoms with van der Waals surface area (Å²) in [5.74, 6) is -0.356. The van der Waals surface area contributed by atoms with E-state index in [0.717, 1.165) is 24.8 Å². The zero-order valence-electron chi connectivity index (χ0n) is 19.6. The van der Waals surface area contributed by atoms with Crippen molar-refractivity contribution >= 4 is 11.8 Å². The van der Waals surface area contributed by atoms with Gasteiger partial charge in [0, 0.05) is 38.6 Å². The van der Waals surface area contributed by atoms with Crippen LogP contribution in [0.4, 0.5) is 0 Å². The smallest absolute Gasteiger partial charge is 0.259 e. The van der Waals surface area contributed by atoms with E-state index in [2.05, 4.69) is 17.4 Å². The molecule has 2 amide bonds. The van der Waals surface area contributed by atoms with Gasteiger partial charge in [-0.25, -0.2) is 0 Å². The van der Waals surface area contributed by atoms with E-state index in [4.69, 9.17) is 0 Å². The Morgan fingerprint density at radius 1 is 0.912 bits per heavy atom. The number of benzene rings is 2. The molecule has 1 fully saturated rings. The van der Waals surface area contributed by atoms with Crippen LogP contribution >= 0.6 is 0 Å². The van der Waals surface area contributed by atoms with Crippen molar-refractivity contribution in [1.82, 2.24) is 14.8 Å². The molecule has 1 aliphatic rings. The number of nitrogens with one attached hydrogen (secondary N) is 1. The molecule has 0 unspecified atom stereocenters. The molecule has 2 heterocycles. The Morgan fingerprint density at radius 2 is 1.59 bits per heavy atom. The minimum atomic E-state index is -0.510. The topological polar surface area (TPSA) is 71.4 Å². The van der Waals surface area contributed by atoms with Crippen LogP contribution in [0.5, 0.6) is 0 Å². The van der Waals surface area contributed by atoms with Crippen molar-refractivity contribution < 1.29 is 9.59 Å². The number of pyridine rings is 1. The molecule has 4 rings (SSSR count). The average molecular weight is 458 g/mol. The summed E-state index contributed by atoms with van der Waals surface area (Å²) < 4.78 is 1.76. The van der Waals surface area contributed by atoms with E-state index in [0.29, 0.717) is 32.1 Å². The number of likely N-dealkylation sites (tertiary alicyclic amines) is 1. The lowest BCUT2D eigenvalue weighted by Crippen LogP contribution is -2.38. The maximum Gasteiger partial charge on any atom is 0.259 e. The van der Waals surface area contributed by atoms with Gasteiger partial charge < -0.3 is 14.8 Å². The molecule has 0 spiro atoms. The molecule has 1 aliphatic heterocycles. The molecule has 1 saturated heterocycles. The Kier molecular flexibility index (Phi) is 7.58. The van der Waals surface area contributed by atoms with Gasteiger partial charge in [0.1, 0.15) is 11.1 Å². The van der Waals surface area contributed by atoms with Crippen molar-refractivity contribution in [2.45, 2.75) is 38.6 Å². The van der Waals surface area contributed by atoms with E-state index in [9.17, 15) is 14.4 Å². The van der Waals surface area contributed by atoms with Crippen LogP contribution in [0, 0.1) is 0 Å². The summed E-state index contributed by atoms with van der Waals surface area (Å²) in [4.78, 5) is 41.2. The first-order valence-corrected chi connectivity index (χ1v) is 12.0. The number of hydrogen-bond donors (Lipinski definition) is 1. The summed E-state index contributed by atoms with van der Waals surface area (Å²) in [5.41, 5.74) is 1.86. The Labute approximate surface area is 200 Å². The van der Waals surface area contributed by atoms with Crippen molar-refractivity contribution in [3.63, 3.8) is 0 Å². The van der Waals surface area contributed by atoms with Crippen LogP contribution in [0.25, 0.3) is 0 Å². The SMILES string of the molecule is CCNC(=O)c1cn(Cc2ccccc2)cc(C(=O)N2CCC[C@@H](c3ccccc3)CC2)c1=O. The Bertz CT molecular complexity index is 1190. The van der Waals surface area contributed by atoms with Gasteiger partial charge in [0.25, 0.3) is 11.8 Å². The molecule has 0 saturated carbocycles. The summed E-state index contributed by atoms with van der Waals surface area (Å²) in [6.07, 6.45) is 5.87. The lowest BCUT2D eigenvalue weighted by atomic mass is 9.92. The van der Waals surface area contributed by atoms with E-state index in [1.807, 2.05) is 48.5 Å². The molecule has 3 aromatic rings. The number of carbonyl (C=O) groups excluding carboxylic acids is 2. The molecule has 6 heteroatoms. The number of amides is 2. The molecule has 2 aromatic carbocycles. The fourth-order valence-corrected chi connectivity index (χ4v) is 4.61. The summed E-state index contributed by atoms with van der Waals surface area (Å²) >= 11 is 0. The largest absolute Gasteiger partial charge is 0.352 e. The van der Waals surface area contributed by atoms with Gasteiger partial charge in [0.15, 0.2) is 0 Å². The highest BCUT2D eigenvalue weighted by Crippen LogP contribution is 2.28. The monoisotopic (exact) mass is 457 g/mol. The Morgan fingerprint density at radius 3 is 2.29 bits per heavy atom. The van der Waals surface area contributed by atoms with Crippen LogP contribution < -0.4 is 10.7 Å². The molecule has 176 valence electrons. The molecule has 6 nitrogen and oxygen atoms in total. The van der Waals surface area contributed by atoms with E-state index < -0.39 is 11.3 Å². The summed E-state index contributed by atoms with van der Waals surface area (Å²) in [6, 6.07) is 20.2. The van der Waals surface area contributed by atoms with Gasteiger partial charge in [0.2, 0.25) is 5.43 Å². The highest BCUT2D eigenvalue weighted by Gasteiger charge is 2.26. The standard InChI is InChI=1S/C28H31N3O3/c1-2-29-27(33)24-19-30(18-21-10-5-3-6-11-21)20-25(26(24)32)28(34)31-16-9-14-23(15-17-31)22-12-7-4-8-13-22/h3-8,10-13,19-20,23H,2,9,14-18H2,1H3,(H,29,33)/t23-/m1/s1. The minimum absolute atomic E-state index is 0.000570. The molecule has 1 atom stereocenters. The zero-order chi connectivity index (χ0) is 23.9.